The Bertz CT molecular complexity index is 1640. The van der Waals surface area contributed by atoms with Gasteiger partial charge in [0.15, 0.2) is 0 Å². The lowest BCUT2D eigenvalue weighted by Gasteiger charge is -2.42. The summed E-state index contributed by atoms with van der Waals surface area (Å²) in [4.78, 5) is 36.9. The number of hydrogen-bond donors (Lipinski definition) is 2. The fourth-order valence-corrected chi connectivity index (χ4v) is 7.03. The number of aliphatic hydroxyl groups is 1. The van der Waals surface area contributed by atoms with E-state index < -0.39 is 17.7 Å². The number of rotatable bonds is 7. The van der Waals surface area contributed by atoms with Gasteiger partial charge in [0.1, 0.15) is 11.7 Å². The van der Waals surface area contributed by atoms with Crippen LogP contribution in [0.5, 0.6) is 0 Å². The van der Waals surface area contributed by atoms with Gasteiger partial charge in [-0.3, -0.25) is 4.98 Å². The van der Waals surface area contributed by atoms with Crippen molar-refractivity contribution in [2.24, 2.45) is 18.9 Å². The molecule has 3 aromatic rings. The molecule has 0 radical (unpaired) electrons. The summed E-state index contributed by atoms with van der Waals surface area (Å²) in [6, 6.07) is 8.52. The first kappa shape index (κ1) is 30.7. The molecule has 2 aliphatic carbocycles. The molecule has 3 fully saturated rings. The number of pyridine rings is 1. The second-order valence-corrected chi connectivity index (χ2v) is 13.1. The first-order chi connectivity index (χ1) is 22.3. The third kappa shape index (κ3) is 5.99. The minimum absolute atomic E-state index is 0.222. The van der Waals surface area contributed by atoms with E-state index in [9.17, 15) is 14.7 Å². The van der Waals surface area contributed by atoms with E-state index in [1.54, 1.807) is 29.7 Å². The molecule has 11 nitrogen and oxygen atoms in total. The Kier molecular flexibility index (Phi) is 8.48. The molecule has 2 aliphatic heterocycles. The highest BCUT2D eigenvalue weighted by molar-refractivity contribution is 6.30. The van der Waals surface area contributed by atoms with E-state index in [1.807, 2.05) is 42.0 Å². The van der Waals surface area contributed by atoms with Gasteiger partial charge < -0.3 is 34.1 Å². The highest BCUT2D eigenvalue weighted by Gasteiger charge is 2.48. The average molecular weight is 648 g/mol. The molecule has 3 atom stereocenters. The molecule has 1 aromatic carbocycles. The van der Waals surface area contributed by atoms with Crippen LogP contribution in [-0.4, -0.2) is 75.7 Å². The number of hydrogen-bond acceptors (Lipinski definition) is 8. The number of likely N-dealkylation sites (tertiary alicyclic amines) is 1. The van der Waals surface area contributed by atoms with E-state index in [0.29, 0.717) is 79.9 Å². The number of nitrogens with one attached hydrogen (secondary N) is 1. The molecule has 4 heterocycles. The standard InChI is InChI=1S/C34H38ClN5O6/c1-39-20-36-17-29(39)30(38-32(41)45-18-21-4-5-21)27-15-22-3-2-11-37-31(22)34(43,28-7-6-24(35)16-26(27)28)23-8-12-40(13-9-23)33(42)46-25-10-14-44-19-25/h2-3,6-7,11,15-17,20-21,23,25,30,43H,4-5,8-10,12-14,18-19H2,1H3,(H,38,41). The van der Waals surface area contributed by atoms with Gasteiger partial charge in [-0.2, -0.15) is 0 Å². The van der Waals surface area contributed by atoms with E-state index >= 15 is 0 Å². The molecule has 0 spiro atoms. The maximum absolute atomic E-state index is 13.2. The first-order valence-electron chi connectivity index (χ1n) is 15.9. The molecule has 4 aliphatic rings. The number of amides is 2. The van der Waals surface area contributed by atoms with E-state index in [4.69, 9.17) is 30.8 Å². The predicted molar refractivity (Wildman–Crippen MR) is 170 cm³/mol. The van der Waals surface area contributed by atoms with Crippen LogP contribution in [0.3, 0.4) is 0 Å². The van der Waals surface area contributed by atoms with Crippen LogP contribution in [0.4, 0.5) is 9.59 Å². The van der Waals surface area contributed by atoms with Crippen LogP contribution in [0, 0.1) is 11.8 Å². The van der Waals surface area contributed by atoms with E-state index in [2.05, 4.69) is 10.3 Å². The number of alkyl carbamates (subject to hydrolysis) is 1. The highest BCUT2D eigenvalue weighted by Crippen LogP contribution is 2.50. The summed E-state index contributed by atoms with van der Waals surface area (Å²) in [6.45, 7) is 2.25. The lowest BCUT2D eigenvalue weighted by Crippen LogP contribution is -2.47. The molecule has 12 heteroatoms. The van der Waals surface area contributed by atoms with Gasteiger partial charge in [-0.15, -0.1) is 0 Å². The third-order valence-corrected chi connectivity index (χ3v) is 9.82. The number of benzene rings is 1. The molecule has 2 saturated heterocycles. The minimum atomic E-state index is -1.52. The Balaban J connectivity index is 1.26. The second kappa shape index (κ2) is 12.7. The van der Waals surface area contributed by atoms with E-state index in [-0.39, 0.29) is 18.1 Å². The number of aryl methyl sites for hydroxylation is 1. The molecule has 1 saturated carbocycles. The lowest BCUT2D eigenvalue weighted by molar-refractivity contribution is -0.0210. The van der Waals surface area contributed by atoms with Crippen LogP contribution in [0.15, 0.2) is 49.1 Å². The van der Waals surface area contributed by atoms with E-state index in [1.165, 1.54) is 0 Å². The summed E-state index contributed by atoms with van der Waals surface area (Å²) < 4.78 is 18.5. The Morgan fingerprint density at radius 1 is 1.20 bits per heavy atom. The third-order valence-electron chi connectivity index (χ3n) is 9.58. The Hall–Kier alpha value is -3.93. The van der Waals surface area contributed by atoms with Crippen LogP contribution in [0.1, 0.15) is 66.2 Å². The van der Waals surface area contributed by atoms with Crippen molar-refractivity contribution in [3.8, 4) is 0 Å². The minimum Gasteiger partial charge on any atom is -0.449 e. The summed E-state index contributed by atoms with van der Waals surface area (Å²) >= 11 is 6.65. The van der Waals surface area contributed by atoms with Gasteiger partial charge in [-0.25, -0.2) is 14.6 Å². The van der Waals surface area contributed by atoms with Crippen molar-refractivity contribution in [3.63, 3.8) is 0 Å². The van der Waals surface area contributed by atoms with Crippen LogP contribution >= 0.6 is 11.6 Å². The molecule has 2 amide bonds. The maximum atomic E-state index is 13.2. The Morgan fingerprint density at radius 3 is 2.74 bits per heavy atom. The highest BCUT2D eigenvalue weighted by atomic mass is 35.5. The smallest absolute Gasteiger partial charge is 0.410 e. The Morgan fingerprint density at radius 2 is 2.02 bits per heavy atom. The molecule has 7 rings (SSSR count). The molecule has 46 heavy (non-hydrogen) atoms. The number of carbonyl (C=O) groups excluding carboxylic acids is 2. The number of imidazole rings is 1. The number of aromatic nitrogens is 3. The van der Waals surface area contributed by atoms with Crippen molar-refractivity contribution in [2.45, 2.75) is 49.9 Å². The van der Waals surface area contributed by atoms with Gasteiger partial charge in [0.05, 0.1) is 49.8 Å². The molecule has 3 unspecified atom stereocenters. The van der Waals surface area contributed by atoms with Crippen molar-refractivity contribution in [2.75, 3.05) is 32.9 Å². The van der Waals surface area contributed by atoms with Crippen molar-refractivity contribution in [3.05, 3.63) is 82.2 Å². The number of ether oxygens (including phenoxy) is 3. The van der Waals surface area contributed by atoms with Gasteiger partial charge in [0.25, 0.3) is 0 Å². The predicted octanol–water partition coefficient (Wildman–Crippen LogP) is 5.07. The largest absolute Gasteiger partial charge is 0.449 e. The summed E-state index contributed by atoms with van der Waals surface area (Å²) in [5.74, 6) is 0.134. The topological polar surface area (TPSA) is 128 Å². The summed E-state index contributed by atoms with van der Waals surface area (Å²) in [5.41, 5.74) is 2.47. The van der Waals surface area contributed by atoms with Gasteiger partial charge >= 0.3 is 12.2 Å². The van der Waals surface area contributed by atoms with Crippen LogP contribution in [0.2, 0.25) is 5.02 Å². The SMILES string of the molecule is Cn1cncc1C(NC(=O)OCC1CC1)C1=Cc2cccnc2C(O)(C2CCN(C(=O)OC3CCOC3)CC2)c2ccc(Cl)cc21. The quantitative estimate of drug-likeness (QED) is 0.364. The monoisotopic (exact) mass is 647 g/mol. The summed E-state index contributed by atoms with van der Waals surface area (Å²) in [6.07, 6.45) is 9.81. The fraction of sp³-hybridized carbons (Fsp3) is 0.471. The molecule has 2 aromatic heterocycles. The molecule has 0 bridgehead atoms. The van der Waals surface area contributed by atoms with Crippen molar-refractivity contribution >= 4 is 35.4 Å². The van der Waals surface area contributed by atoms with Crippen LogP contribution in [-0.2, 0) is 26.9 Å². The number of fused-ring (bicyclic) bond motifs is 2. The zero-order valence-corrected chi connectivity index (χ0v) is 26.5. The zero-order chi connectivity index (χ0) is 31.8. The van der Waals surface area contributed by atoms with Crippen LogP contribution in [0.25, 0.3) is 11.6 Å². The summed E-state index contributed by atoms with van der Waals surface area (Å²) in [7, 11) is 1.87. The molecular formula is C34H38ClN5O6. The Labute approximate surface area is 272 Å². The molecular weight excluding hydrogens is 610 g/mol. The fourth-order valence-electron chi connectivity index (χ4n) is 6.86. The zero-order valence-electron chi connectivity index (χ0n) is 25.7. The van der Waals surface area contributed by atoms with Gasteiger partial charge in [0.2, 0.25) is 0 Å². The average Bonchev–Trinajstić information content (AvgIpc) is 3.61. The van der Waals surface area contributed by atoms with Gasteiger partial charge in [-0.1, -0.05) is 23.7 Å². The molecule has 2 N–H and O–H groups in total. The maximum Gasteiger partial charge on any atom is 0.410 e. The van der Waals surface area contributed by atoms with Crippen molar-refractivity contribution in [1.29, 1.82) is 0 Å². The first-order valence-corrected chi connectivity index (χ1v) is 16.3. The van der Waals surface area contributed by atoms with Gasteiger partial charge in [-0.05, 0) is 78.1 Å². The van der Waals surface area contributed by atoms with Crippen molar-refractivity contribution < 1.29 is 28.9 Å². The van der Waals surface area contributed by atoms with E-state index in [0.717, 1.165) is 29.7 Å². The lowest BCUT2D eigenvalue weighted by atomic mass is 9.72. The number of nitrogens with zero attached hydrogens (tertiary/aromatic N) is 4. The number of halogens is 1. The van der Waals surface area contributed by atoms with Gasteiger partial charge in [0, 0.05) is 43.7 Å². The normalized spacial score (nSPS) is 23.5. The van der Waals surface area contributed by atoms with Crippen molar-refractivity contribution in [1.82, 2.24) is 24.8 Å². The van der Waals surface area contributed by atoms with Crippen LogP contribution < -0.4 is 5.32 Å². The number of piperidine rings is 1. The second-order valence-electron chi connectivity index (χ2n) is 12.7. The molecule has 242 valence electrons. The summed E-state index contributed by atoms with van der Waals surface area (Å²) in [5, 5.41) is 16.6. The number of carbonyl (C=O) groups is 2.